The third-order valence-electron chi connectivity index (χ3n) is 2.19. The lowest BCUT2D eigenvalue weighted by Crippen LogP contribution is -2.44. The van der Waals surface area contributed by atoms with Crippen LogP contribution in [0.5, 0.6) is 0 Å². The monoisotopic (exact) mass is 205 g/mol. The largest absolute Gasteiger partial charge is 0.477 e. The Balaban J connectivity index is 2.32. The number of carboxylic acid groups (broad SMARTS) is 1. The number of carbonyl (C=O) groups is 1. The van der Waals surface area contributed by atoms with E-state index >= 15 is 0 Å². The number of allylic oxidation sites excluding steroid dienone is 1. The molecule has 1 atom stereocenters. The summed E-state index contributed by atoms with van der Waals surface area (Å²) >= 11 is 0. The number of carboxylic acids is 1. The fraction of sp³-hybridized carbons (Fsp3) is 0.667. The second-order valence-corrected chi connectivity index (χ2v) is 3.37. The van der Waals surface area contributed by atoms with Gasteiger partial charge in [0.1, 0.15) is 0 Å². The zero-order valence-electron chi connectivity index (χ0n) is 7.67. The lowest BCUT2D eigenvalue weighted by atomic mass is 10.0. The quantitative estimate of drug-likeness (QED) is 0.682. The highest BCUT2D eigenvalue weighted by molar-refractivity contribution is 5.75. The van der Waals surface area contributed by atoms with Crippen molar-refractivity contribution in [2.24, 2.45) is 0 Å². The standard InChI is InChI=1S/C9H13F2NO2/c10-9(11,8(13)14)6-12-7-4-2-1-3-5-7/h1-2,7,12H,3-6H2,(H,13,14). The summed E-state index contributed by atoms with van der Waals surface area (Å²) in [5.41, 5.74) is 0. The van der Waals surface area contributed by atoms with Gasteiger partial charge in [0.2, 0.25) is 0 Å². The molecule has 80 valence electrons. The molecule has 5 heteroatoms. The van der Waals surface area contributed by atoms with Gasteiger partial charge in [0.15, 0.2) is 0 Å². The zero-order chi connectivity index (χ0) is 10.6. The van der Waals surface area contributed by atoms with Crippen LogP contribution in [0.4, 0.5) is 8.78 Å². The fourth-order valence-electron chi connectivity index (χ4n) is 1.33. The number of hydrogen-bond donors (Lipinski definition) is 2. The molecule has 0 amide bonds. The highest BCUT2D eigenvalue weighted by Crippen LogP contribution is 2.15. The van der Waals surface area contributed by atoms with E-state index in [9.17, 15) is 13.6 Å². The molecule has 0 saturated carbocycles. The van der Waals surface area contributed by atoms with E-state index in [-0.39, 0.29) is 6.04 Å². The van der Waals surface area contributed by atoms with Crippen LogP contribution in [-0.4, -0.2) is 29.6 Å². The maximum atomic E-state index is 12.6. The van der Waals surface area contributed by atoms with E-state index in [0.717, 1.165) is 12.8 Å². The first-order valence-electron chi connectivity index (χ1n) is 4.52. The molecule has 0 saturated heterocycles. The summed E-state index contributed by atoms with van der Waals surface area (Å²) in [6.45, 7) is -0.791. The van der Waals surface area contributed by atoms with Gasteiger partial charge < -0.3 is 10.4 Å². The number of aliphatic carboxylic acids is 1. The van der Waals surface area contributed by atoms with Gasteiger partial charge in [-0.15, -0.1) is 0 Å². The van der Waals surface area contributed by atoms with E-state index < -0.39 is 18.4 Å². The third-order valence-corrected chi connectivity index (χ3v) is 2.19. The molecule has 0 aromatic carbocycles. The normalized spacial score (nSPS) is 22.3. The van der Waals surface area contributed by atoms with Crippen LogP contribution in [0.2, 0.25) is 0 Å². The van der Waals surface area contributed by atoms with Gasteiger partial charge in [-0.1, -0.05) is 12.2 Å². The molecule has 0 radical (unpaired) electrons. The summed E-state index contributed by atoms with van der Waals surface area (Å²) in [5.74, 6) is -5.74. The van der Waals surface area contributed by atoms with Gasteiger partial charge in [0, 0.05) is 6.04 Å². The van der Waals surface area contributed by atoms with Crippen molar-refractivity contribution in [3.63, 3.8) is 0 Å². The van der Waals surface area contributed by atoms with E-state index in [1.165, 1.54) is 0 Å². The Morgan fingerprint density at radius 2 is 2.29 bits per heavy atom. The van der Waals surface area contributed by atoms with Gasteiger partial charge in [0.25, 0.3) is 0 Å². The van der Waals surface area contributed by atoms with Crippen molar-refractivity contribution in [2.75, 3.05) is 6.54 Å². The summed E-state index contributed by atoms with van der Waals surface area (Å²) in [5, 5.41) is 10.7. The summed E-state index contributed by atoms with van der Waals surface area (Å²) in [6.07, 6.45) is 6.24. The molecule has 0 aromatic heterocycles. The number of rotatable bonds is 4. The molecular formula is C9H13F2NO2. The number of halogens is 2. The maximum absolute atomic E-state index is 12.6. The average Bonchev–Trinajstić information content (AvgIpc) is 2.16. The predicted octanol–water partition coefficient (Wildman–Crippen LogP) is 1.40. The van der Waals surface area contributed by atoms with Gasteiger partial charge in [-0.2, -0.15) is 8.78 Å². The molecule has 0 bridgehead atoms. The Kier molecular flexibility index (Phi) is 3.57. The van der Waals surface area contributed by atoms with Crippen LogP contribution < -0.4 is 5.32 Å². The van der Waals surface area contributed by atoms with Crippen molar-refractivity contribution < 1.29 is 18.7 Å². The molecule has 1 aliphatic rings. The van der Waals surface area contributed by atoms with Crippen molar-refractivity contribution >= 4 is 5.97 Å². The molecule has 0 fully saturated rings. The van der Waals surface area contributed by atoms with Crippen LogP contribution in [0.25, 0.3) is 0 Å². The molecule has 0 aromatic rings. The molecular weight excluding hydrogens is 192 g/mol. The van der Waals surface area contributed by atoms with Crippen molar-refractivity contribution in [2.45, 2.75) is 31.2 Å². The number of alkyl halides is 2. The first-order valence-corrected chi connectivity index (χ1v) is 4.52. The summed E-state index contributed by atoms with van der Waals surface area (Å²) in [7, 11) is 0. The van der Waals surface area contributed by atoms with Crippen LogP contribution in [0.1, 0.15) is 19.3 Å². The Bertz CT molecular complexity index is 241. The van der Waals surface area contributed by atoms with Crippen molar-refractivity contribution in [3.05, 3.63) is 12.2 Å². The smallest absolute Gasteiger partial charge is 0.375 e. The van der Waals surface area contributed by atoms with Crippen molar-refractivity contribution in [3.8, 4) is 0 Å². The lowest BCUT2D eigenvalue weighted by molar-refractivity contribution is -0.164. The lowest BCUT2D eigenvalue weighted by Gasteiger charge is -2.21. The predicted molar refractivity (Wildman–Crippen MR) is 47.4 cm³/mol. The minimum Gasteiger partial charge on any atom is -0.477 e. The summed E-state index contributed by atoms with van der Waals surface area (Å²) in [4.78, 5) is 10.1. The third kappa shape index (κ3) is 3.06. The van der Waals surface area contributed by atoms with Gasteiger partial charge >= 0.3 is 11.9 Å². The molecule has 14 heavy (non-hydrogen) atoms. The molecule has 1 unspecified atom stereocenters. The Morgan fingerprint density at radius 1 is 1.57 bits per heavy atom. The first kappa shape index (κ1) is 11.1. The molecule has 3 nitrogen and oxygen atoms in total. The topological polar surface area (TPSA) is 49.3 Å². The highest BCUT2D eigenvalue weighted by atomic mass is 19.3. The van der Waals surface area contributed by atoms with Crippen LogP contribution in [-0.2, 0) is 4.79 Å². The van der Waals surface area contributed by atoms with E-state index in [2.05, 4.69) is 5.32 Å². The fourth-order valence-corrected chi connectivity index (χ4v) is 1.33. The molecule has 1 aliphatic carbocycles. The second-order valence-electron chi connectivity index (χ2n) is 3.37. The van der Waals surface area contributed by atoms with E-state index in [1.807, 2.05) is 12.2 Å². The first-order chi connectivity index (χ1) is 6.52. The van der Waals surface area contributed by atoms with Gasteiger partial charge in [-0.25, -0.2) is 4.79 Å². The Hall–Kier alpha value is -0.970. The number of nitrogens with one attached hydrogen (secondary N) is 1. The van der Waals surface area contributed by atoms with Crippen LogP contribution >= 0.6 is 0 Å². The Labute approximate surface area is 80.8 Å². The van der Waals surface area contributed by atoms with E-state index in [4.69, 9.17) is 5.11 Å². The van der Waals surface area contributed by atoms with E-state index in [1.54, 1.807) is 0 Å². The minimum atomic E-state index is -3.67. The number of hydrogen-bond acceptors (Lipinski definition) is 2. The van der Waals surface area contributed by atoms with E-state index in [0.29, 0.717) is 6.42 Å². The zero-order valence-corrected chi connectivity index (χ0v) is 7.67. The average molecular weight is 205 g/mol. The molecule has 2 N–H and O–H groups in total. The van der Waals surface area contributed by atoms with Gasteiger partial charge in [-0.05, 0) is 19.3 Å². The SMILES string of the molecule is O=C(O)C(F)(F)CNC1CC=CCC1. The molecule has 1 rings (SSSR count). The maximum Gasteiger partial charge on any atom is 0.375 e. The molecule has 0 aliphatic heterocycles. The summed E-state index contributed by atoms with van der Waals surface area (Å²) in [6, 6.07) is -0.0229. The van der Waals surface area contributed by atoms with Crippen molar-refractivity contribution in [1.82, 2.24) is 5.32 Å². The van der Waals surface area contributed by atoms with Crippen LogP contribution in [0.15, 0.2) is 12.2 Å². The Morgan fingerprint density at radius 3 is 2.79 bits per heavy atom. The van der Waals surface area contributed by atoms with Gasteiger partial charge in [-0.3, -0.25) is 0 Å². The minimum absolute atomic E-state index is 0.0229. The van der Waals surface area contributed by atoms with Gasteiger partial charge in [0.05, 0.1) is 6.54 Å². The van der Waals surface area contributed by atoms with Crippen molar-refractivity contribution in [1.29, 1.82) is 0 Å². The van der Waals surface area contributed by atoms with Crippen LogP contribution in [0, 0.1) is 0 Å². The molecule has 0 spiro atoms. The second kappa shape index (κ2) is 4.50. The van der Waals surface area contributed by atoms with Crippen LogP contribution in [0.3, 0.4) is 0 Å². The summed E-state index contributed by atoms with van der Waals surface area (Å²) < 4.78 is 25.2. The highest BCUT2D eigenvalue weighted by Gasteiger charge is 2.38. The molecule has 0 heterocycles.